The third kappa shape index (κ3) is 4.09. The molecule has 0 unspecified atom stereocenters. The third-order valence-electron chi connectivity index (χ3n) is 6.58. The number of benzene rings is 1. The predicted octanol–water partition coefficient (Wildman–Crippen LogP) is 2.78. The summed E-state index contributed by atoms with van der Waals surface area (Å²) in [5, 5.41) is 0. The molecule has 7 heteroatoms. The van der Waals surface area contributed by atoms with Crippen LogP contribution in [0.5, 0.6) is 0 Å². The number of ether oxygens (including phenoxy) is 1. The summed E-state index contributed by atoms with van der Waals surface area (Å²) in [6.07, 6.45) is 3.72. The van der Waals surface area contributed by atoms with Gasteiger partial charge in [-0.25, -0.2) is 8.42 Å². The normalized spacial score (nSPS) is 23.6. The van der Waals surface area contributed by atoms with E-state index in [9.17, 15) is 13.2 Å². The minimum Gasteiger partial charge on any atom is -0.381 e. The van der Waals surface area contributed by atoms with E-state index in [0.29, 0.717) is 38.5 Å². The Kier molecular flexibility index (Phi) is 5.28. The number of sulfonamides is 1. The van der Waals surface area contributed by atoms with Crippen LogP contribution < -0.4 is 0 Å². The summed E-state index contributed by atoms with van der Waals surface area (Å²) in [5.41, 5.74) is 0.607. The highest BCUT2D eigenvalue weighted by Gasteiger charge is 2.50. The van der Waals surface area contributed by atoms with Crippen LogP contribution in [0.15, 0.2) is 29.2 Å². The molecule has 3 aliphatic rings. The second-order valence-electron chi connectivity index (χ2n) is 9.83. The van der Waals surface area contributed by atoms with E-state index in [4.69, 9.17) is 4.74 Å². The molecule has 0 aromatic heterocycles. The Labute approximate surface area is 174 Å². The zero-order valence-electron chi connectivity index (χ0n) is 17.7. The van der Waals surface area contributed by atoms with Crippen LogP contribution in [0.25, 0.3) is 0 Å². The standard InChI is InChI=1S/C22H32N2O4S/c1-21(2,3)18-6-8-19(9-7-18)29(26,27)23-15-20(25)24(14-17-4-5-17)22(16-23)10-12-28-13-11-22/h6-9,17H,4-5,10-16H2,1-3H3. The van der Waals surface area contributed by atoms with Gasteiger partial charge >= 0.3 is 0 Å². The topological polar surface area (TPSA) is 66.9 Å². The number of hydrogen-bond acceptors (Lipinski definition) is 4. The van der Waals surface area contributed by atoms with E-state index < -0.39 is 15.6 Å². The van der Waals surface area contributed by atoms with Crippen molar-refractivity contribution in [3.05, 3.63) is 29.8 Å². The number of amides is 1. The molecule has 1 spiro atoms. The Morgan fingerprint density at radius 2 is 1.72 bits per heavy atom. The molecule has 1 aromatic rings. The van der Waals surface area contributed by atoms with Crippen LogP contribution >= 0.6 is 0 Å². The van der Waals surface area contributed by atoms with Gasteiger partial charge in [-0.1, -0.05) is 32.9 Å². The lowest BCUT2D eigenvalue weighted by Crippen LogP contribution is -2.67. The first-order valence-corrected chi connectivity index (χ1v) is 12.0. The van der Waals surface area contributed by atoms with Crippen molar-refractivity contribution in [1.82, 2.24) is 9.21 Å². The zero-order chi connectivity index (χ0) is 20.9. The Bertz CT molecular complexity index is 863. The van der Waals surface area contributed by atoms with Gasteiger partial charge < -0.3 is 9.64 Å². The molecule has 1 aromatic carbocycles. The second kappa shape index (κ2) is 7.36. The van der Waals surface area contributed by atoms with E-state index >= 15 is 0 Å². The van der Waals surface area contributed by atoms with Crippen LogP contribution in [0.4, 0.5) is 0 Å². The summed E-state index contributed by atoms with van der Waals surface area (Å²) in [6.45, 7) is 8.49. The molecule has 2 heterocycles. The lowest BCUT2D eigenvalue weighted by Gasteiger charge is -2.52. The molecule has 0 atom stereocenters. The van der Waals surface area contributed by atoms with Gasteiger partial charge in [0.05, 0.1) is 17.0 Å². The molecule has 1 amide bonds. The second-order valence-corrected chi connectivity index (χ2v) is 11.8. The molecule has 1 aliphatic carbocycles. The summed E-state index contributed by atoms with van der Waals surface area (Å²) >= 11 is 0. The van der Waals surface area contributed by atoms with Crippen LogP contribution in [-0.4, -0.2) is 61.9 Å². The van der Waals surface area contributed by atoms with E-state index in [0.717, 1.165) is 12.1 Å². The lowest BCUT2D eigenvalue weighted by molar-refractivity contribution is -0.150. The molecule has 6 nitrogen and oxygen atoms in total. The summed E-state index contributed by atoms with van der Waals surface area (Å²) in [5.74, 6) is 0.506. The average molecular weight is 421 g/mol. The quantitative estimate of drug-likeness (QED) is 0.751. The van der Waals surface area contributed by atoms with Crippen molar-refractivity contribution in [3.63, 3.8) is 0 Å². The molecule has 0 radical (unpaired) electrons. The number of rotatable bonds is 4. The van der Waals surface area contributed by atoms with Crippen molar-refractivity contribution < 1.29 is 17.9 Å². The zero-order valence-corrected chi connectivity index (χ0v) is 18.5. The van der Waals surface area contributed by atoms with Crippen molar-refractivity contribution in [2.24, 2.45) is 5.92 Å². The summed E-state index contributed by atoms with van der Waals surface area (Å²) < 4.78 is 33.7. The molecule has 2 aliphatic heterocycles. The maximum Gasteiger partial charge on any atom is 0.243 e. The number of carbonyl (C=O) groups excluding carboxylic acids is 1. The molecule has 3 fully saturated rings. The van der Waals surface area contributed by atoms with Gasteiger partial charge in [-0.15, -0.1) is 0 Å². The van der Waals surface area contributed by atoms with Crippen LogP contribution in [0.2, 0.25) is 0 Å². The summed E-state index contributed by atoms with van der Waals surface area (Å²) in [6, 6.07) is 7.10. The van der Waals surface area contributed by atoms with Crippen molar-refractivity contribution in [2.45, 2.75) is 62.3 Å². The average Bonchev–Trinajstić information content (AvgIpc) is 3.49. The first-order valence-electron chi connectivity index (χ1n) is 10.6. The molecular formula is C22H32N2O4S. The van der Waals surface area contributed by atoms with Gasteiger partial charge in [-0.2, -0.15) is 4.31 Å². The number of carbonyl (C=O) groups is 1. The van der Waals surface area contributed by atoms with Crippen LogP contribution in [0, 0.1) is 5.92 Å². The molecule has 0 N–H and O–H groups in total. The van der Waals surface area contributed by atoms with E-state index in [1.165, 1.54) is 17.1 Å². The number of nitrogens with zero attached hydrogens (tertiary/aromatic N) is 2. The smallest absolute Gasteiger partial charge is 0.243 e. The van der Waals surface area contributed by atoms with Gasteiger partial charge in [-0.3, -0.25) is 4.79 Å². The Hall–Kier alpha value is -1.44. The fourth-order valence-electron chi connectivity index (χ4n) is 4.45. The molecule has 0 bridgehead atoms. The number of hydrogen-bond donors (Lipinski definition) is 0. The predicted molar refractivity (Wildman–Crippen MR) is 111 cm³/mol. The van der Waals surface area contributed by atoms with E-state index in [-0.39, 0.29) is 22.8 Å². The third-order valence-corrected chi connectivity index (χ3v) is 8.38. The highest BCUT2D eigenvalue weighted by Crippen LogP contribution is 2.39. The maximum atomic E-state index is 13.4. The van der Waals surface area contributed by atoms with Gasteiger partial charge in [0.25, 0.3) is 0 Å². The Morgan fingerprint density at radius 3 is 2.28 bits per heavy atom. The van der Waals surface area contributed by atoms with Gasteiger partial charge in [0, 0.05) is 26.3 Å². The minimum absolute atomic E-state index is 0.0428. The maximum absolute atomic E-state index is 13.4. The van der Waals surface area contributed by atoms with E-state index in [1.807, 2.05) is 17.0 Å². The first-order chi connectivity index (χ1) is 13.6. The number of piperazine rings is 1. The monoisotopic (exact) mass is 420 g/mol. The van der Waals surface area contributed by atoms with Crippen LogP contribution in [-0.2, 0) is 25.0 Å². The fourth-order valence-corrected chi connectivity index (χ4v) is 5.92. The Balaban J connectivity index is 1.61. The molecule has 1 saturated carbocycles. The minimum atomic E-state index is -3.72. The summed E-state index contributed by atoms with van der Waals surface area (Å²) in [4.78, 5) is 15.3. The van der Waals surface area contributed by atoms with Gasteiger partial charge in [0.15, 0.2) is 0 Å². The molecule has 29 heavy (non-hydrogen) atoms. The summed E-state index contributed by atoms with van der Waals surface area (Å²) in [7, 11) is -3.72. The van der Waals surface area contributed by atoms with E-state index in [2.05, 4.69) is 20.8 Å². The fraction of sp³-hybridized carbons (Fsp3) is 0.682. The van der Waals surface area contributed by atoms with Gasteiger partial charge in [0.2, 0.25) is 15.9 Å². The van der Waals surface area contributed by atoms with Crippen LogP contribution in [0.1, 0.15) is 52.0 Å². The van der Waals surface area contributed by atoms with Crippen molar-refractivity contribution in [3.8, 4) is 0 Å². The van der Waals surface area contributed by atoms with Gasteiger partial charge in [-0.05, 0) is 54.7 Å². The van der Waals surface area contributed by atoms with Crippen molar-refractivity contribution in [1.29, 1.82) is 0 Å². The van der Waals surface area contributed by atoms with E-state index in [1.54, 1.807) is 12.1 Å². The SMILES string of the molecule is CC(C)(C)c1ccc(S(=O)(=O)N2CC(=O)N(CC3CC3)C3(CCOCC3)C2)cc1. The molecular weight excluding hydrogens is 388 g/mol. The van der Waals surface area contributed by atoms with Crippen LogP contribution in [0.3, 0.4) is 0 Å². The highest BCUT2D eigenvalue weighted by molar-refractivity contribution is 7.89. The highest BCUT2D eigenvalue weighted by atomic mass is 32.2. The lowest BCUT2D eigenvalue weighted by atomic mass is 9.85. The molecule has 2 saturated heterocycles. The first kappa shape index (κ1) is 20.8. The molecule has 160 valence electrons. The largest absolute Gasteiger partial charge is 0.381 e. The van der Waals surface area contributed by atoms with Gasteiger partial charge in [0.1, 0.15) is 0 Å². The molecule has 4 rings (SSSR count). The van der Waals surface area contributed by atoms with Crippen molar-refractivity contribution >= 4 is 15.9 Å². The Morgan fingerprint density at radius 1 is 1.10 bits per heavy atom. The van der Waals surface area contributed by atoms with Crippen molar-refractivity contribution in [2.75, 3.05) is 32.8 Å².